The lowest BCUT2D eigenvalue weighted by atomic mass is 10.5. The third-order valence-corrected chi connectivity index (χ3v) is 1.72. The van der Waals surface area contributed by atoms with Gasteiger partial charge in [-0.3, -0.25) is 0 Å². The topological polar surface area (TPSA) is 44.2 Å². The molecule has 0 saturated heterocycles. The van der Waals surface area contributed by atoms with E-state index in [1.54, 1.807) is 20.1 Å². The first-order valence-electron chi connectivity index (χ1n) is 4.35. The molecular formula is C9H13ClN2O2. The van der Waals surface area contributed by atoms with Crippen LogP contribution in [0.4, 0.5) is 0 Å². The molecule has 0 N–H and O–H groups in total. The van der Waals surface area contributed by atoms with Crippen molar-refractivity contribution in [3.05, 3.63) is 17.0 Å². The van der Waals surface area contributed by atoms with Gasteiger partial charge in [-0.15, -0.1) is 0 Å². The SMILES string of the molecule is COCCCOc1cc(Cl)nc(C)n1. The fourth-order valence-corrected chi connectivity index (χ4v) is 1.18. The Morgan fingerprint density at radius 1 is 1.36 bits per heavy atom. The van der Waals surface area contributed by atoms with E-state index in [1.807, 2.05) is 0 Å². The van der Waals surface area contributed by atoms with Crippen LogP contribution in [0.1, 0.15) is 12.2 Å². The van der Waals surface area contributed by atoms with Crippen LogP contribution >= 0.6 is 11.6 Å². The predicted octanol–water partition coefficient (Wildman–Crippen LogP) is 1.85. The zero-order valence-electron chi connectivity index (χ0n) is 8.29. The lowest BCUT2D eigenvalue weighted by Gasteiger charge is -2.05. The number of ether oxygens (including phenoxy) is 2. The van der Waals surface area contributed by atoms with Gasteiger partial charge in [0, 0.05) is 26.2 Å². The van der Waals surface area contributed by atoms with E-state index in [9.17, 15) is 0 Å². The Labute approximate surface area is 88.2 Å². The van der Waals surface area contributed by atoms with Crippen molar-refractivity contribution in [2.75, 3.05) is 20.3 Å². The second-order valence-electron chi connectivity index (χ2n) is 2.77. The smallest absolute Gasteiger partial charge is 0.218 e. The van der Waals surface area contributed by atoms with Crippen molar-refractivity contribution in [1.29, 1.82) is 0 Å². The number of hydrogen-bond acceptors (Lipinski definition) is 4. The van der Waals surface area contributed by atoms with Crippen LogP contribution in [0.5, 0.6) is 5.88 Å². The van der Waals surface area contributed by atoms with Crippen molar-refractivity contribution in [3.8, 4) is 5.88 Å². The summed E-state index contributed by atoms with van der Waals surface area (Å²) in [5, 5.41) is 0.402. The Morgan fingerprint density at radius 2 is 2.14 bits per heavy atom. The quantitative estimate of drug-likeness (QED) is 0.557. The molecule has 1 rings (SSSR count). The van der Waals surface area contributed by atoms with Gasteiger partial charge in [-0.05, 0) is 6.92 Å². The number of nitrogens with zero attached hydrogens (tertiary/aromatic N) is 2. The van der Waals surface area contributed by atoms with Gasteiger partial charge in [0.05, 0.1) is 6.61 Å². The van der Waals surface area contributed by atoms with Crippen LogP contribution in [0.2, 0.25) is 5.15 Å². The maximum Gasteiger partial charge on any atom is 0.218 e. The first-order valence-corrected chi connectivity index (χ1v) is 4.73. The van der Waals surface area contributed by atoms with Crippen LogP contribution in [0, 0.1) is 6.92 Å². The third kappa shape index (κ3) is 3.89. The molecule has 0 spiro atoms. The van der Waals surface area contributed by atoms with Crippen molar-refractivity contribution < 1.29 is 9.47 Å². The summed E-state index contributed by atoms with van der Waals surface area (Å²) < 4.78 is 10.2. The highest BCUT2D eigenvalue weighted by Crippen LogP contribution is 2.13. The molecule has 1 aromatic rings. The fraction of sp³-hybridized carbons (Fsp3) is 0.556. The van der Waals surface area contributed by atoms with Gasteiger partial charge in [0.1, 0.15) is 11.0 Å². The number of methoxy groups -OCH3 is 1. The van der Waals surface area contributed by atoms with Gasteiger partial charge in [-0.2, -0.15) is 4.98 Å². The van der Waals surface area contributed by atoms with Crippen molar-refractivity contribution in [2.24, 2.45) is 0 Å². The molecule has 78 valence electrons. The Bertz CT molecular complexity index is 274. The van der Waals surface area contributed by atoms with E-state index in [-0.39, 0.29) is 0 Å². The molecule has 5 heteroatoms. The molecular weight excluding hydrogens is 204 g/mol. The van der Waals surface area contributed by atoms with E-state index >= 15 is 0 Å². The summed E-state index contributed by atoms with van der Waals surface area (Å²) in [7, 11) is 1.66. The van der Waals surface area contributed by atoms with Crippen LogP contribution in [-0.2, 0) is 4.74 Å². The average Bonchev–Trinajstić information content (AvgIpc) is 2.11. The molecule has 0 atom stereocenters. The molecule has 0 aliphatic carbocycles. The van der Waals surface area contributed by atoms with Crippen LogP contribution < -0.4 is 4.74 Å². The van der Waals surface area contributed by atoms with E-state index in [0.717, 1.165) is 6.42 Å². The average molecular weight is 217 g/mol. The van der Waals surface area contributed by atoms with E-state index in [2.05, 4.69) is 9.97 Å². The van der Waals surface area contributed by atoms with Crippen LogP contribution in [-0.4, -0.2) is 30.3 Å². The molecule has 14 heavy (non-hydrogen) atoms. The highest BCUT2D eigenvalue weighted by Gasteiger charge is 2.00. The van der Waals surface area contributed by atoms with Gasteiger partial charge in [-0.25, -0.2) is 4.98 Å². The largest absolute Gasteiger partial charge is 0.477 e. The zero-order valence-corrected chi connectivity index (χ0v) is 9.04. The lowest BCUT2D eigenvalue weighted by molar-refractivity contribution is 0.170. The van der Waals surface area contributed by atoms with Gasteiger partial charge in [0.15, 0.2) is 0 Å². The van der Waals surface area contributed by atoms with Gasteiger partial charge >= 0.3 is 0 Å². The van der Waals surface area contributed by atoms with E-state index in [4.69, 9.17) is 21.1 Å². The summed E-state index contributed by atoms with van der Waals surface area (Å²) in [6, 6.07) is 1.60. The summed E-state index contributed by atoms with van der Waals surface area (Å²) in [6.07, 6.45) is 0.831. The fourth-order valence-electron chi connectivity index (χ4n) is 0.959. The summed E-state index contributed by atoms with van der Waals surface area (Å²) in [4.78, 5) is 8.00. The van der Waals surface area contributed by atoms with Gasteiger partial charge in [0.25, 0.3) is 0 Å². The molecule has 0 unspecified atom stereocenters. The first-order chi connectivity index (χ1) is 6.72. The highest BCUT2D eigenvalue weighted by molar-refractivity contribution is 6.29. The minimum atomic E-state index is 0.402. The molecule has 0 saturated carbocycles. The van der Waals surface area contributed by atoms with E-state index in [1.165, 1.54) is 0 Å². The molecule has 1 aromatic heterocycles. The second kappa shape index (κ2) is 5.78. The number of aromatic nitrogens is 2. The summed E-state index contributed by atoms with van der Waals surface area (Å²) in [5.74, 6) is 1.12. The van der Waals surface area contributed by atoms with Gasteiger partial charge < -0.3 is 9.47 Å². The third-order valence-electron chi connectivity index (χ3n) is 1.53. The minimum Gasteiger partial charge on any atom is -0.477 e. The van der Waals surface area contributed by atoms with Crippen molar-refractivity contribution >= 4 is 11.6 Å². The second-order valence-corrected chi connectivity index (χ2v) is 3.16. The molecule has 0 aromatic carbocycles. The number of halogens is 1. The molecule has 0 aliphatic rings. The monoisotopic (exact) mass is 216 g/mol. The standard InChI is InChI=1S/C9H13ClN2O2/c1-7-11-8(10)6-9(12-7)14-5-3-4-13-2/h6H,3-5H2,1-2H3. The maximum absolute atomic E-state index is 5.73. The van der Waals surface area contributed by atoms with Crippen LogP contribution in [0.3, 0.4) is 0 Å². The Hall–Kier alpha value is -0.870. The normalized spacial score (nSPS) is 10.2. The van der Waals surface area contributed by atoms with Crippen molar-refractivity contribution in [3.63, 3.8) is 0 Å². The summed E-state index contributed by atoms with van der Waals surface area (Å²) in [5.41, 5.74) is 0. The Kier molecular flexibility index (Phi) is 4.62. The molecule has 4 nitrogen and oxygen atoms in total. The maximum atomic E-state index is 5.73. The van der Waals surface area contributed by atoms with Gasteiger partial charge in [-0.1, -0.05) is 11.6 Å². The van der Waals surface area contributed by atoms with Crippen molar-refractivity contribution in [2.45, 2.75) is 13.3 Å². The van der Waals surface area contributed by atoms with E-state index in [0.29, 0.717) is 30.1 Å². The zero-order chi connectivity index (χ0) is 10.4. The number of rotatable bonds is 5. The predicted molar refractivity (Wildman–Crippen MR) is 53.8 cm³/mol. The van der Waals surface area contributed by atoms with Crippen molar-refractivity contribution in [1.82, 2.24) is 9.97 Å². The molecule has 0 bridgehead atoms. The summed E-state index contributed by atoms with van der Waals surface area (Å²) >= 11 is 5.73. The van der Waals surface area contributed by atoms with Crippen LogP contribution in [0.25, 0.3) is 0 Å². The Morgan fingerprint density at radius 3 is 2.79 bits per heavy atom. The van der Waals surface area contributed by atoms with E-state index < -0.39 is 0 Å². The molecule has 0 amide bonds. The number of aryl methyl sites for hydroxylation is 1. The van der Waals surface area contributed by atoms with Crippen LogP contribution in [0.15, 0.2) is 6.07 Å². The summed E-state index contributed by atoms with van der Waals surface area (Å²) in [6.45, 7) is 3.02. The lowest BCUT2D eigenvalue weighted by Crippen LogP contribution is -2.03. The molecule has 1 heterocycles. The molecule has 0 aliphatic heterocycles. The Balaban J connectivity index is 2.42. The highest BCUT2D eigenvalue weighted by atomic mass is 35.5. The number of hydrogen-bond donors (Lipinski definition) is 0. The molecule has 0 radical (unpaired) electrons. The molecule has 0 fully saturated rings. The minimum absolute atomic E-state index is 0.402. The van der Waals surface area contributed by atoms with Gasteiger partial charge in [0.2, 0.25) is 5.88 Å². The first kappa shape index (κ1) is 11.2.